The van der Waals surface area contributed by atoms with Crippen LogP contribution in [-0.2, 0) is 4.52 Å². The van der Waals surface area contributed by atoms with Gasteiger partial charge in [-0.1, -0.05) is 12.1 Å². The van der Waals surface area contributed by atoms with Crippen molar-refractivity contribution >= 4 is 13.5 Å². The van der Waals surface area contributed by atoms with E-state index in [-0.39, 0.29) is 14.2 Å². The Labute approximate surface area is 59.6 Å². The van der Waals surface area contributed by atoms with Gasteiger partial charge < -0.3 is 9.26 Å². The van der Waals surface area contributed by atoms with Crippen molar-refractivity contribution in [1.82, 2.24) is 0 Å². The van der Waals surface area contributed by atoms with Gasteiger partial charge in [0, 0.05) is 0 Å². The Bertz CT molecular complexity index is 287. The summed E-state index contributed by atoms with van der Waals surface area (Å²) in [4.78, 5) is 0. The highest BCUT2D eigenvalue weighted by Crippen LogP contribution is 2.65. The van der Waals surface area contributed by atoms with Crippen LogP contribution in [-0.4, -0.2) is 6.03 Å². The minimum absolute atomic E-state index is 0.104. The lowest BCUT2D eigenvalue weighted by Crippen LogP contribution is -1.97. The maximum Gasteiger partial charge on any atom is 0.251 e. The number of hydrogen-bond donors (Lipinski definition) is 0. The van der Waals surface area contributed by atoms with Crippen molar-refractivity contribution in [3.05, 3.63) is 24.3 Å². The summed E-state index contributed by atoms with van der Waals surface area (Å²) in [5.74, 6) is 1.02. The highest BCUT2D eigenvalue weighted by Gasteiger charge is 2.50. The summed E-state index contributed by atoms with van der Waals surface area (Å²) in [6.07, 6.45) is 0. The minimum atomic E-state index is -0.336. The van der Waals surface area contributed by atoms with E-state index in [1.807, 2.05) is 18.2 Å². The molecule has 0 aromatic heterocycles. The molecule has 1 aromatic rings. The number of benzene rings is 1. The molecule has 0 saturated carbocycles. The number of ether oxygens (including phenoxy) is 1. The Morgan fingerprint density at radius 2 is 2.20 bits per heavy atom. The van der Waals surface area contributed by atoms with Crippen LogP contribution in [0.2, 0.25) is 0 Å². The van der Waals surface area contributed by atoms with Crippen molar-refractivity contribution in [2.24, 2.45) is 0 Å². The van der Waals surface area contributed by atoms with Crippen LogP contribution >= 0.6 is 8.15 Å². The molecule has 3 heteroatoms. The highest BCUT2D eigenvalue weighted by molar-refractivity contribution is 7.67. The monoisotopic (exact) mass is 152 g/mol. The van der Waals surface area contributed by atoms with Crippen LogP contribution in [0.5, 0.6) is 5.75 Å². The smallest absolute Gasteiger partial charge is 0.251 e. The van der Waals surface area contributed by atoms with Crippen molar-refractivity contribution in [1.29, 1.82) is 0 Å². The lowest BCUT2D eigenvalue weighted by atomic mass is 10.3. The second-order valence-electron chi connectivity index (χ2n) is 2.32. The molecule has 2 unspecified atom stereocenters. The van der Waals surface area contributed by atoms with Gasteiger partial charge in [0.25, 0.3) is 6.03 Å². The number of hydrogen-bond acceptors (Lipinski definition) is 2. The summed E-state index contributed by atoms with van der Waals surface area (Å²) in [7, 11) is -0.336. The quantitative estimate of drug-likeness (QED) is 0.414. The first-order valence-electron chi connectivity index (χ1n) is 3.17. The number of rotatable bonds is 0. The molecule has 0 bridgehead atoms. The van der Waals surface area contributed by atoms with Crippen LogP contribution in [0, 0.1) is 0 Å². The minimum Gasteiger partial charge on any atom is -0.457 e. The zero-order chi connectivity index (χ0) is 6.55. The maximum absolute atomic E-state index is 5.39. The number of fused-ring (bicyclic) bond motifs is 3. The molecule has 2 aliphatic rings. The third-order valence-electron chi connectivity index (χ3n) is 1.68. The Hall–Kier alpha value is -0.590. The third-order valence-corrected chi connectivity index (χ3v) is 3.33. The normalized spacial score (nSPS) is 32.4. The van der Waals surface area contributed by atoms with E-state index in [1.165, 1.54) is 5.30 Å². The van der Waals surface area contributed by atoms with Crippen LogP contribution in [0.1, 0.15) is 0 Å². The summed E-state index contributed by atoms with van der Waals surface area (Å²) >= 11 is 0. The topological polar surface area (TPSA) is 21.8 Å². The molecular formula is C7H5O2P. The molecule has 0 spiro atoms. The molecule has 2 nitrogen and oxygen atoms in total. The lowest BCUT2D eigenvalue weighted by molar-refractivity contribution is 0.181. The zero-order valence-corrected chi connectivity index (χ0v) is 6.04. The van der Waals surface area contributed by atoms with E-state index in [0.29, 0.717) is 0 Å². The SMILES string of the molecule is c1ccc2c(c1)OC1OP21. The maximum atomic E-state index is 5.39. The van der Waals surface area contributed by atoms with Gasteiger partial charge in [-0.15, -0.1) is 0 Å². The van der Waals surface area contributed by atoms with Crippen molar-refractivity contribution < 1.29 is 9.26 Å². The standard InChI is InChI=1S/C7H5O2P/c1-2-4-6-5(3-1)8-7-9-10(6)7/h1-4,7H. The van der Waals surface area contributed by atoms with E-state index in [0.717, 1.165) is 5.75 Å². The first kappa shape index (κ1) is 5.11. The molecule has 10 heavy (non-hydrogen) atoms. The Morgan fingerprint density at radius 3 is 3.10 bits per heavy atom. The molecule has 1 aromatic carbocycles. The van der Waals surface area contributed by atoms with Gasteiger partial charge in [-0.25, -0.2) is 0 Å². The van der Waals surface area contributed by atoms with Gasteiger partial charge in [-0.05, 0) is 12.1 Å². The van der Waals surface area contributed by atoms with Gasteiger partial charge in [0.1, 0.15) is 13.9 Å². The molecule has 0 aliphatic carbocycles. The van der Waals surface area contributed by atoms with Gasteiger partial charge >= 0.3 is 0 Å². The molecule has 2 atom stereocenters. The third kappa shape index (κ3) is 0.511. The molecule has 0 N–H and O–H groups in total. The average molecular weight is 152 g/mol. The van der Waals surface area contributed by atoms with Crippen LogP contribution < -0.4 is 10.0 Å². The van der Waals surface area contributed by atoms with Gasteiger partial charge in [0.05, 0.1) is 5.30 Å². The van der Waals surface area contributed by atoms with Gasteiger partial charge in [0.15, 0.2) is 0 Å². The molecule has 2 aliphatic heterocycles. The molecule has 1 saturated heterocycles. The van der Waals surface area contributed by atoms with E-state index in [4.69, 9.17) is 9.26 Å². The van der Waals surface area contributed by atoms with E-state index in [9.17, 15) is 0 Å². The molecule has 0 amide bonds. The van der Waals surface area contributed by atoms with Crippen molar-refractivity contribution in [3.8, 4) is 5.75 Å². The van der Waals surface area contributed by atoms with E-state index >= 15 is 0 Å². The van der Waals surface area contributed by atoms with E-state index in [2.05, 4.69) is 6.07 Å². The van der Waals surface area contributed by atoms with Crippen molar-refractivity contribution in [2.45, 2.75) is 6.03 Å². The van der Waals surface area contributed by atoms with Crippen LogP contribution in [0.25, 0.3) is 0 Å². The van der Waals surface area contributed by atoms with Crippen LogP contribution in [0.3, 0.4) is 0 Å². The number of para-hydroxylation sites is 1. The second-order valence-corrected chi connectivity index (χ2v) is 4.09. The summed E-state index contributed by atoms with van der Waals surface area (Å²) < 4.78 is 10.6. The highest BCUT2D eigenvalue weighted by atomic mass is 31.2. The van der Waals surface area contributed by atoms with Gasteiger partial charge in [-0.3, -0.25) is 0 Å². The molecular weight excluding hydrogens is 147 g/mol. The van der Waals surface area contributed by atoms with Crippen LogP contribution in [0.15, 0.2) is 24.3 Å². The van der Waals surface area contributed by atoms with Crippen LogP contribution in [0.4, 0.5) is 0 Å². The van der Waals surface area contributed by atoms with Gasteiger partial charge in [0.2, 0.25) is 0 Å². The zero-order valence-electron chi connectivity index (χ0n) is 5.15. The second kappa shape index (κ2) is 1.52. The summed E-state index contributed by atoms with van der Waals surface area (Å²) in [5.41, 5.74) is 0. The Morgan fingerprint density at radius 1 is 1.30 bits per heavy atom. The molecule has 3 rings (SSSR count). The van der Waals surface area contributed by atoms with Crippen molar-refractivity contribution in [3.63, 3.8) is 0 Å². The average Bonchev–Trinajstić information content (AvgIpc) is 2.64. The summed E-state index contributed by atoms with van der Waals surface area (Å²) in [6.45, 7) is 0. The van der Waals surface area contributed by atoms with E-state index < -0.39 is 0 Å². The summed E-state index contributed by atoms with van der Waals surface area (Å²) in [6, 6.07) is 8.18. The molecule has 1 fully saturated rings. The van der Waals surface area contributed by atoms with E-state index in [1.54, 1.807) is 0 Å². The summed E-state index contributed by atoms with van der Waals surface area (Å²) in [5, 5.41) is 1.27. The first-order valence-corrected chi connectivity index (χ1v) is 4.50. The molecule has 0 radical (unpaired) electrons. The predicted molar refractivity (Wildman–Crippen MR) is 38.5 cm³/mol. The molecule has 50 valence electrons. The first-order chi connectivity index (χ1) is 4.95. The largest absolute Gasteiger partial charge is 0.457 e. The Kier molecular flexibility index (Phi) is 0.779. The predicted octanol–water partition coefficient (Wildman–Crippen LogP) is 1.41. The lowest BCUT2D eigenvalue weighted by Gasteiger charge is -1.98. The molecule has 2 heterocycles. The Balaban J connectivity index is 2.22. The fourth-order valence-corrected chi connectivity index (χ4v) is 2.61. The van der Waals surface area contributed by atoms with Gasteiger partial charge in [-0.2, -0.15) is 0 Å². The fourth-order valence-electron chi connectivity index (χ4n) is 1.16. The van der Waals surface area contributed by atoms with Crippen molar-refractivity contribution in [2.75, 3.05) is 0 Å². The fraction of sp³-hybridized carbons (Fsp3) is 0.143.